The first-order valence-corrected chi connectivity index (χ1v) is 13.1. The van der Waals surface area contributed by atoms with E-state index >= 15 is 0 Å². The van der Waals surface area contributed by atoms with Gasteiger partial charge in [-0.1, -0.05) is 25.5 Å². The van der Waals surface area contributed by atoms with Gasteiger partial charge in [0.15, 0.2) is 0 Å². The van der Waals surface area contributed by atoms with Crippen molar-refractivity contribution in [1.29, 1.82) is 0 Å². The van der Waals surface area contributed by atoms with Crippen LogP contribution in [0.15, 0.2) is 83.6 Å². The molecule has 1 unspecified atom stereocenters. The van der Waals surface area contributed by atoms with Crippen molar-refractivity contribution in [2.45, 2.75) is 38.2 Å². The van der Waals surface area contributed by atoms with Gasteiger partial charge in [-0.3, -0.25) is 14.5 Å². The number of carbonyl (C=O) groups excluding carboxylic acids is 2. The van der Waals surface area contributed by atoms with Gasteiger partial charge in [0.2, 0.25) is 5.91 Å². The number of furan rings is 1. The number of benzene rings is 2. The molecule has 4 aromatic rings. The summed E-state index contributed by atoms with van der Waals surface area (Å²) in [6, 6.07) is 14.0. The largest absolute Gasteiger partial charge is 0.467 e. The molecule has 2 aromatic heterocycles. The smallest absolute Gasteiger partial charge is 0.416 e. The summed E-state index contributed by atoms with van der Waals surface area (Å²) in [4.78, 5) is 30.1. The number of carbonyl (C=O) groups is 2. The van der Waals surface area contributed by atoms with Gasteiger partial charge in [-0.25, -0.2) is 0 Å². The fourth-order valence-electron chi connectivity index (χ4n) is 5.08. The maximum atomic E-state index is 14.1. The summed E-state index contributed by atoms with van der Waals surface area (Å²) in [6.07, 6.45) is -6.04. The Morgan fingerprint density at radius 2 is 1.55 bits per heavy atom. The topological polar surface area (TPSA) is 58.7 Å². The highest BCUT2D eigenvalue weighted by atomic mass is 19.4. The van der Waals surface area contributed by atoms with Crippen molar-refractivity contribution >= 4 is 17.5 Å². The second-order valence-corrected chi connectivity index (χ2v) is 9.85. The zero-order valence-electron chi connectivity index (χ0n) is 22.2. The second kappa shape index (κ2) is 11.1. The summed E-state index contributed by atoms with van der Waals surface area (Å²) in [5.41, 5.74) is -2.16. The highest BCUT2D eigenvalue weighted by Crippen LogP contribution is 2.42. The zero-order chi connectivity index (χ0) is 30.2. The molecule has 2 aromatic carbocycles. The van der Waals surface area contributed by atoms with E-state index in [-0.39, 0.29) is 12.6 Å². The Morgan fingerprint density at radius 1 is 0.881 bits per heavy atom. The fraction of sp³-hybridized carbons (Fsp3) is 0.267. The minimum Gasteiger partial charge on any atom is -0.467 e. The van der Waals surface area contributed by atoms with Crippen LogP contribution in [0.3, 0.4) is 0 Å². The SMILES string of the molecule is CCCCN(CC(=O)N1c2ccccc2-n2cccc2C1c1ccco1)C(=O)c1cc(C(F)(F)F)cc(C(F)(F)F)c1. The van der Waals surface area contributed by atoms with Crippen LogP contribution in [-0.4, -0.2) is 34.4 Å². The maximum absolute atomic E-state index is 14.1. The molecule has 12 heteroatoms. The minimum absolute atomic E-state index is 0.0357. The van der Waals surface area contributed by atoms with E-state index in [1.807, 2.05) is 16.8 Å². The van der Waals surface area contributed by atoms with E-state index in [2.05, 4.69) is 0 Å². The first-order chi connectivity index (χ1) is 19.9. The van der Waals surface area contributed by atoms with Crippen molar-refractivity contribution in [2.75, 3.05) is 18.0 Å². The number of halogens is 6. The van der Waals surface area contributed by atoms with Gasteiger partial charge in [0.25, 0.3) is 5.91 Å². The summed E-state index contributed by atoms with van der Waals surface area (Å²) in [6.45, 7) is 1.15. The van der Waals surface area contributed by atoms with Crippen LogP contribution in [0.25, 0.3) is 5.69 Å². The standard InChI is InChI=1S/C30H25F6N3O3/c1-2-3-12-37(28(41)19-15-20(29(31,32)33)17-21(16-19)30(34,35)36)18-26(40)39-23-9-5-4-8-22(23)38-13-6-10-24(38)27(39)25-11-7-14-42-25/h4-11,13-17,27H,2-3,12,18H2,1H3. The Bertz CT molecular complexity index is 1560. The first-order valence-electron chi connectivity index (χ1n) is 13.1. The maximum Gasteiger partial charge on any atom is 0.416 e. The van der Waals surface area contributed by atoms with E-state index < -0.39 is 53.4 Å². The van der Waals surface area contributed by atoms with Crippen LogP contribution in [0.5, 0.6) is 0 Å². The van der Waals surface area contributed by atoms with Gasteiger partial charge in [0.1, 0.15) is 18.3 Å². The van der Waals surface area contributed by atoms with Gasteiger partial charge in [-0.15, -0.1) is 0 Å². The van der Waals surface area contributed by atoms with Crippen LogP contribution in [0.2, 0.25) is 0 Å². The molecule has 0 aliphatic carbocycles. The van der Waals surface area contributed by atoms with Gasteiger partial charge < -0.3 is 13.9 Å². The van der Waals surface area contributed by atoms with Crippen LogP contribution >= 0.6 is 0 Å². The van der Waals surface area contributed by atoms with E-state index in [1.165, 1.54) is 11.2 Å². The third-order valence-electron chi connectivity index (χ3n) is 7.03. The summed E-state index contributed by atoms with van der Waals surface area (Å²) < 4.78 is 88.6. The van der Waals surface area contributed by atoms with Crippen molar-refractivity contribution in [1.82, 2.24) is 9.47 Å². The van der Waals surface area contributed by atoms with Gasteiger partial charge in [0.05, 0.1) is 34.5 Å². The molecule has 3 heterocycles. The van der Waals surface area contributed by atoms with Gasteiger partial charge in [0, 0.05) is 18.3 Å². The predicted molar refractivity (Wildman–Crippen MR) is 141 cm³/mol. The lowest BCUT2D eigenvalue weighted by Gasteiger charge is -2.38. The number of hydrogen-bond acceptors (Lipinski definition) is 3. The van der Waals surface area contributed by atoms with Crippen LogP contribution in [0.1, 0.15) is 58.7 Å². The molecule has 1 aliphatic heterocycles. The number of aromatic nitrogens is 1. The fourth-order valence-corrected chi connectivity index (χ4v) is 5.08. The van der Waals surface area contributed by atoms with Crippen molar-refractivity contribution in [3.05, 3.63) is 107 Å². The predicted octanol–water partition coefficient (Wildman–Crippen LogP) is 7.49. The van der Waals surface area contributed by atoms with Crippen molar-refractivity contribution in [3.8, 4) is 5.69 Å². The molecule has 42 heavy (non-hydrogen) atoms. The van der Waals surface area contributed by atoms with E-state index in [1.54, 1.807) is 49.4 Å². The highest BCUT2D eigenvalue weighted by Gasteiger charge is 2.40. The number of nitrogens with zero attached hydrogens (tertiary/aromatic N) is 3. The van der Waals surface area contributed by atoms with Crippen molar-refractivity contribution < 1.29 is 40.3 Å². The number of anilines is 1. The normalized spacial score (nSPS) is 14.8. The summed E-state index contributed by atoms with van der Waals surface area (Å²) in [5, 5.41) is 0. The Labute approximate surface area is 236 Å². The molecular formula is C30H25F6N3O3. The summed E-state index contributed by atoms with van der Waals surface area (Å²) in [7, 11) is 0. The Hall–Kier alpha value is -4.48. The molecule has 0 saturated carbocycles. The highest BCUT2D eigenvalue weighted by molar-refractivity contribution is 6.02. The molecule has 2 amide bonds. The molecule has 0 bridgehead atoms. The minimum atomic E-state index is -5.12. The molecule has 0 saturated heterocycles. The number of rotatable bonds is 7. The monoisotopic (exact) mass is 589 g/mol. The number of unbranched alkanes of at least 4 members (excludes halogenated alkanes) is 1. The summed E-state index contributed by atoms with van der Waals surface area (Å²) in [5.74, 6) is -1.28. The molecule has 0 spiro atoms. The van der Waals surface area contributed by atoms with E-state index in [0.717, 1.165) is 4.90 Å². The molecule has 5 rings (SSSR count). The molecule has 1 atom stereocenters. The van der Waals surface area contributed by atoms with Gasteiger partial charge in [-0.2, -0.15) is 26.3 Å². The lowest BCUT2D eigenvalue weighted by atomic mass is 10.0. The lowest BCUT2D eigenvalue weighted by Crippen LogP contribution is -2.47. The van der Waals surface area contributed by atoms with E-state index in [9.17, 15) is 35.9 Å². The molecule has 0 fully saturated rings. The molecule has 0 radical (unpaired) electrons. The Morgan fingerprint density at radius 3 is 2.14 bits per heavy atom. The molecule has 220 valence electrons. The van der Waals surface area contributed by atoms with Gasteiger partial charge in [-0.05, 0) is 61.0 Å². The van der Waals surface area contributed by atoms with E-state index in [4.69, 9.17) is 4.42 Å². The Kier molecular flexibility index (Phi) is 7.65. The number of para-hydroxylation sites is 2. The average molecular weight is 590 g/mol. The van der Waals surface area contributed by atoms with Crippen LogP contribution in [0, 0.1) is 0 Å². The second-order valence-electron chi connectivity index (χ2n) is 9.85. The number of amides is 2. The first kappa shape index (κ1) is 29.0. The number of hydrogen-bond donors (Lipinski definition) is 0. The van der Waals surface area contributed by atoms with Crippen LogP contribution in [-0.2, 0) is 17.1 Å². The van der Waals surface area contributed by atoms with Crippen LogP contribution in [0.4, 0.5) is 32.0 Å². The Balaban J connectivity index is 1.55. The van der Waals surface area contributed by atoms with Crippen LogP contribution < -0.4 is 4.90 Å². The van der Waals surface area contributed by atoms with Gasteiger partial charge >= 0.3 is 12.4 Å². The third kappa shape index (κ3) is 5.53. The quantitative estimate of drug-likeness (QED) is 0.210. The molecule has 0 N–H and O–H groups in total. The van der Waals surface area contributed by atoms with Crippen molar-refractivity contribution in [2.24, 2.45) is 0 Å². The summed E-state index contributed by atoms with van der Waals surface area (Å²) >= 11 is 0. The number of alkyl halides is 6. The third-order valence-corrected chi connectivity index (χ3v) is 7.03. The molecular weight excluding hydrogens is 564 g/mol. The molecule has 6 nitrogen and oxygen atoms in total. The lowest BCUT2D eigenvalue weighted by molar-refractivity contribution is -0.143. The zero-order valence-corrected chi connectivity index (χ0v) is 22.2. The number of fused-ring (bicyclic) bond motifs is 3. The van der Waals surface area contributed by atoms with E-state index in [0.29, 0.717) is 47.8 Å². The average Bonchev–Trinajstić information content (AvgIpc) is 3.66. The van der Waals surface area contributed by atoms with Crippen molar-refractivity contribution in [3.63, 3.8) is 0 Å². The molecule has 1 aliphatic rings.